The lowest BCUT2D eigenvalue weighted by Gasteiger charge is -2.07. The number of rotatable bonds is 3. The minimum absolute atomic E-state index is 0.632. The first-order chi connectivity index (χ1) is 6.06. The van der Waals surface area contributed by atoms with Crippen molar-refractivity contribution in [1.29, 1.82) is 0 Å². The number of carboxylic acids is 1. The molecule has 6 heteroatoms. The average molecular weight is 329 g/mol. The topological polar surface area (TPSA) is 49.3 Å². The molecule has 1 rings (SSSR count). The molecule has 1 atom stereocenters. The zero-order valence-corrected chi connectivity index (χ0v) is 10.7. The van der Waals surface area contributed by atoms with Gasteiger partial charge < -0.3 is 10.4 Å². The van der Waals surface area contributed by atoms with E-state index in [9.17, 15) is 4.79 Å². The zero-order chi connectivity index (χ0) is 10.0. The highest BCUT2D eigenvalue weighted by atomic mass is 79.9. The molecule has 0 radical (unpaired) electrons. The Balaban J connectivity index is 2.98. The summed E-state index contributed by atoms with van der Waals surface area (Å²) < 4.78 is 1.79. The Labute approximate surface area is 96.4 Å². The predicted octanol–water partition coefficient (Wildman–Crippen LogP) is 2.62. The van der Waals surface area contributed by atoms with Gasteiger partial charge in [-0.25, -0.2) is 0 Å². The van der Waals surface area contributed by atoms with Crippen molar-refractivity contribution >= 4 is 49.2 Å². The summed E-state index contributed by atoms with van der Waals surface area (Å²) in [6.07, 6.45) is 0. The number of thiophene rings is 1. The number of hydrogen-bond acceptors (Lipinski definition) is 3. The smallest absolute Gasteiger partial charge is 0.326 e. The molecule has 1 heterocycles. The van der Waals surface area contributed by atoms with Gasteiger partial charge in [-0.1, -0.05) is 0 Å². The van der Waals surface area contributed by atoms with Crippen LogP contribution >= 0.6 is 43.2 Å². The lowest BCUT2D eigenvalue weighted by molar-refractivity contribution is -0.139. The summed E-state index contributed by atoms with van der Waals surface area (Å²) in [5, 5.41) is 11.6. The van der Waals surface area contributed by atoms with E-state index in [2.05, 4.69) is 37.2 Å². The fourth-order valence-electron chi connectivity index (χ4n) is 0.893. The van der Waals surface area contributed by atoms with Crippen LogP contribution in [0.5, 0.6) is 0 Å². The van der Waals surface area contributed by atoms with Crippen LogP contribution in [0.3, 0.4) is 0 Å². The van der Waals surface area contributed by atoms with Gasteiger partial charge in [0.15, 0.2) is 0 Å². The van der Waals surface area contributed by atoms with Crippen LogP contribution in [0.25, 0.3) is 0 Å². The van der Waals surface area contributed by atoms with Crippen LogP contribution in [0.4, 0.5) is 0 Å². The monoisotopic (exact) mass is 327 g/mol. The number of carbonyl (C=O) groups is 1. The molecule has 0 bridgehead atoms. The van der Waals surface area contributed by atoms with Crippen molar-refractivity contribution < 1.29 is 9.90 Å². The van der Waals surface area contributed by atoms with E-state index in [1.165, 1.54) is 11.3 Å². The van der Waals surface area contributed by atoms with Gasteiger partial charge in [-0.05, 0) is 45.0 Å². The van der Waals surface area contributed by atoms with E-state index in [-0.39, 0.29) is 0 Å². The van der Waals surface area contributed by atoms with Gasteiger partial charge in [0.05, 0.1) is 3.79 Å². The van der Waals surface area contributed by atoms with Crippen molar-refractivity contribution in [2.45, 2.75) is 6.04 Å². The molecule has 0 aliphatic rings. The van der Waals surface area contributed by atoms with Gasteiger partial charge in [-0.3, -0.25) is 4.79 Å². The van der Waals surface area contributed by atoms with Crippen molar-refractivity contribution in [3.05, 3.63) is 19.2 Å². The minimum Gasteiger partial charge on any atom is -0.480 e. The first-order valence-electron chi connectivity index (χ1n) is 3.41. The van der Waals surface area contributed by atoms with Crippen LogP contribution < -0.4 is 5.32 Å². The second-order valence-electron chi connectivity index (χ2n) is 2.33. The lowest BCUT2D eigenvalue weighted by Crippen LogP contribution is -2.23. The van der Waals surface area contributed by atoms with Gasteiger partial charge in [0.2, 0.25) is 0 Å². The van der Waals surface area contributed by atoms with Crippen molar-refractivity contribution in [1.82, 2.24) is 5.32 Å². The number of halogens is 2. The van der Waals surface area contributed by atoms with Gasteiger partial charge in [0, 0.05) is 9.35 Å². The van der Waals surface area contributed by atoms with Gasteiger partial charge in [-0.15, -0.1) is 11.3 Å². The summed E-state index contributed by atoms with van der Waals surface area (Å²) in [6.45, 7) is 0. The predicted molar refractivity (Wildman–Crippen MR) is 59.2 cm³/mol. The first kappa shape index (κ1) is 11.2. The SMILES string of the molecule is CNC(C(=O)O)c1cc(Br)c(Br)s1. The summed E-state index contributed by atoms with van der Waals surface area (Å²) in [6, 6.07) is 1.16. The second kappa shape index (κ2) is 4.54. The highest BCUT2D eigenvalue weighted by molar-refractivity contribution is 9.13. The molecule has 0 saturated carbocycles. The summed E-state index contributed by atoms with van der Waals surface area (Å²) in [4.78, 5) is 11.5. The third kappa shape index (κ3) is 2.52. The molecule has 0 saturated heterocycles. The molecule has 0 spiro atoms. The Bertz CT molecular complexity index is 307. The van der Waals surface area contributed by atoms with Crippen LogP contribution in [0.15, 0.2) is 14.3 Å². The average Bonchev–Trinajstić information content (AvgIpc) is 2.32. The fraction of sp³-hybridized carbons (Fsp3) is 0.286. The Morgan fingerprint density at radius 2 is 2.31 bits per heavy atom. The van der Waals surface area contributed by atoms with Crippen LogP contribution in [0, 0.1) is 0 Å². The molecular weight excluding hydrogens is 322 g/mol. The fourth-order valence-corrected chi connectivity index (χ4v) is 3.09. The van der Waals surface area contributed by atoms with Crippen molar-refractivity contribution in [2.75, 3.05) is 7.05 Å². The van der Waals surface area contributed by atoms with E-state index < -0.39 is 12.0 Å². The Morgan fingerprint density at radius 1 is 1.69 bits per heavy atom. The molecule has 1 unspecified atom stereocenters. The number of likely N-dealkylation sites (N-methyl/N-ethyl adjacent to an activating group) is 1. The highest BCUT2D eigenvalue weighted by Crippen LogP contribution is 2.35. The van der Waals surface area contributed by atoms with E-state index in [0.717, 1.165) is 13.1 Å². The number of carboxylic acid groups (broad SMARTS) is 1. The second-order valence-corrected chi connectivity index (χ2v) is 5.59. The van der Waals surface area contributed by atoms with Crippen molar-refractivity contribution in [3.63, 3.8) is 0 Å². The van der Waals surface area contributed by atoms with Crippen LogP contribution in [-0.2, 0) is 4.79 Å². The normalized spacial score (nSPS) is 12.8. The van der Waals surface area contributed by atoms with E-state index in [1.54, 1.807) is 13.1 Å². The molecule has 72 valence electrons. The molecule has 0 aliphatic carbocycles. The number of nitrogens with one attached hydrogen (secondary N) is 1. The zero-order valence-electron chi connectivity index (χ0n) is 6.67. The highest BCUT2D eigenvalue weighted by Gasteiger charge is 2.20. The van der Waals surface area contributed by atoms with Crippen LogP contribution in [-0.4, -0.2) is 18.1 Å². The van der Waals surface area contributed by atoms with E-state index >= 15 is 0 Å². The molecule has 0 aromatic carbocycles. The molecule has 0 aliphatic heterocycles. The number of hydrogen-bond donors (Lipinski definition) is 2. The Morgan fingerprint density at radius 3 is 2.62 bits per heavy atom. The van der Waals surface area contributed by atoms with E-state index in [1.807, 2.05) is 0 Å². The van der Waals surface area contributed by atoms with Crippen molar-refractivity contribution in [2.24, 2.45) is 0 Å². The lowest BCUT2D eigenvalue weighted by atomic mass is 10.2. The molecular formula is C7H7Br2NO2S. The Kier molecular flexibility index (Phi) is 3.90. The maximum atomic E-state index is 10.8. The summed E-state index contributed by atoms with van der Waals surface area (Å²) in [7, 11) is 1.63. The van der Waals surface area contributed by atoms with Gasteiger partial charge >= 0.3 is 5.97 Å². The molecule has 3 nitrogen and oxygen atoms in total. The largest absolute Gasteiger partial charge is 0.480 e. The molecule has 2 N–H and O–H groups in total. The van der Waals surface area contributed by atoms with Gasteiger partial charge in [0.25, 0.3) is 0 Å². The summed E-state index contributed by atoms with van der Waals surface area (Å²) in [5.41, 5.74) is 0. The molecule has 1 aromatic heterocycles. The molecule has 0 amide bonds. The van der Waals surface area contributed by atoms with E-state index in [0.29, 0.717) is 0 Å². The summed E-state index contributed by atoms with van der Waals surface area (Å²) in [5.74, 6) is -0.872. The standard InChI is InChI=1S/C7H7Br2NO2S/c1-10-5(7(11)12)4-2-3(8)6(9)13-4/h2,5,10H,1H3,(H,11,12). The quantitative estimate of drug-likeness (QED) is 0.896. The minimum atomic E-state index is -0.872. The third-order valence-electron chi connectivity index (χ3n) is 1.48. The van der Waals surface area contributed by atoms with Gasteiger partial charge in [-0.2, -0.15) is 0 Å². The molecule has 0 fully saturated rings. The maximum absolute atomic E-state index is 10.8. The number of aliphatic carboxylic acids is 1. The van der Waals surface area contributed by atoms with E-state index in [4.69, 9.17) is 5.11 Å². The van der Waals surface area contributed by atoms with Crippen LogP contribution in [0.1, 0.15) is 10.9 Å². The molecule has 13 heavy (non-hydrogen) atoms. The summed E-state index contributed by atoms with van der Waals surface area (Å²) >= 11 is 8.02. The Hall–Kier alpha value is 0.0900. The van der Waals surface area contributed by atoms with Gasteiger partial charge in [0.1, 0.15) is 6.04 Å². The first-order valence-corrected chi connectivity index (χ1v) is 5.81. The van der Waals surface area contributed by atoms with Crippen molar-refractivity contribution in [3.8, 4) is 0 Å². The van der Waals surface area contributed by atoms with Crippen LogP contribution in [0.2, 0.25) is 0 Å². The maximum Gasteiger partial charge on any atom is 0.326 e. The molecule has 1 aromatic rings. The third-order valence-corrected chi connectivity index (χ3v) is 4.81.